The molecule has 2 aliphatic carbocycles. The summed E-state index contributed by atoms with van der Waals surface area (Å²) in [5.74, 6) is 1.37. The van der Waals surface area contributed by atoms with E-state index in [0.29, 0.717) is 5.92 Å². The lowest BCUT2D eigenvalue weighted by atomic mass is 9.90. The van der Waals surface area contributed by atoms with Crippen molar-refractivity contribution >= 4 is 5.97 Å². The van der Waals surface area contributed by atoms with Gasteiger partial charge in [-0.25, -0.2) is 4.79 Å². The van der Waals surface area contributed by atoms with Crippen LogP contribution in [0.25, 0.3) is 0 Å². The monoisotopic (exact) mass is 250 g/mol. The Kier molecular flexibility index (Phi) is 4.85. The zero-order valence-electron chi connectivity index (χ0n) is 11.8. The van der Waals surface area contributed by atoms with Crippen LogP contribution in [0, 0.1) is 11.8 Å². The van der Waals surface area contributed by atoms with Crippen molar-refractivity contribution in [3.8, 4) is 0 Å². The second-order valence-electron chi connectivity index (χ2n) is 5.88. The first-order valence-corrected chi connectivity index (χ1v) is 7.60. The predicted octanol–water partition coefficient (Wildman–Crippen LogP) is 4.24. The van der Waals surface area contributed by atoms with Gasteiger partial charge in [-0.15, -0.1) is 0 Å². The summed E-state index contributed by atoms with van der Waals surface area (Å²) in [6.07, 6.45) is 12.1. The molecule has 2 aliphatic rings. The fourth-order valence-corrected chi connectivity index (χ4v) is 3.62. The Hall–Kier alpha value is -0.790. The highest BCUT2D eigenvalue weighted by atomic mass is 16.5. The van der Waals surface area contributed by atoms with Crippen molar-refractivity contribution in [3.05, 3.63) is 11.6 Å². The smallest absolute Gasteiger partial charge is 0.333 e. The molecule has 0 bridgehead atoms. The van der Waals surface area contributed by atoms with Crippen molar-refractivity contribution in [2.75, 3.05) is 0 Å². The molecule has 3 unspecified atom stereocenters. The Morgan fingerprint density at radius 2 is 1.94 bits per heavy atom. The first kappa shape index (κ1) is 13.6. The molecule has 2 fully saturated rings. The van der Waals surface area contributed by atoms with Gasteiger partial charge in [0.05, 0.1) is 0 Å². The molecule has 2 nitrogen and oxygen atoms in total. The van der Waals surface area contributed by atoms with Gasteiger partial charge in [0.15, 0.2) is 0 Å². The molecule has 0 aromatic carbocycles. The van der Waals surface area contributed by atoms with Gasteiger partial charge in [0.1, 0.15) is 6.10 Å². The molecule has 0 heterocycles. The van der Waals surface area contributed by atoms with E-state index in [2.05, 4.69) is 0 Å². The number of allylic oxidation sites excluding steroid dienone is 1. The highest BCUT2D eigenvalue weighted by molar-refractivity contribution is 5.87. The van der Waals surface area contributed by atoms with Crippen LogP contribution in [0.4, 0.5) is 0 Å². The minimum absolute atomic E-state index is 0.0910. The molecule has 3 atom stereocenters. The van der Waals surface area contributed by atoms with Crippen LogP contribution in [-0.2, 0) is 9.53 Å². The van der Waals surface area contributed by atoms with Crippen molar-refractivity contribution in [1.82, 2.24) is 0 Å². The van der Waals surface area contributed by atoms with Gasteiger partial charge in [-0.1, -0.05) is 38.7 Å². The minimum Gasteiger partial charge on any atom is -0.459 e. The summed E-state index contributed by atoms with van der Waals surface area (Å²) in [5.41, 5.74) is 0.773. The summed E-state index contributed by atoms with van der Waals surface area (Å²) in [7, 11) is 0. The SMILES string of the molecule is CCC=C(C)C(=O)OC1CCC2CCCCCC21. The molecule has 0 radical (unpaired) electrons. The van der Waals surface area contributed by atoms with Crippen molar-refractivity contribution in [2.24, 2.45) is 11.8 Å². The molecule has 0 saturated heterocycles. The van der Waals surface area contributed by atoms with Crippen molar-refractivity contribution in [1.29, 1.82) is 0 Å². The number of hydrogen-bond donors (Lipinski definition) is 0. The van der Waals surface area contributed by atoms with Gasteiger partial charge in [-0.2, -0.15) is 0 Å². The van der Waals surface area contributed by atoms with Crippen molar-refractivity contribution in [3.63, 3.8) is 0 Å². The van der Waals surface area contributed by atoms with Crippen LogP contribution in [-0.4, -0.2) is 12.1 Å². The zero-order chi connectivity index (χ0) is 13.0. The van der Waals surface area contributed by atoms with Crippen LogP contribution in [0.2, 0.25) is 0 Å². The summed E-state index contributed by atoms with van der Waals surface area (Å²) in [6.45, 7) is 3.92. The molecule has 2 heteroatoms. The molecule has 0 aromatic heterocycles. The zero-order valence-corrected chi connectivity index (χ0v) is 11.8. The van der Waals surface area contributed by atoms with Gasteiger partial charge in [0, 0.05) is 5.57 Å². The largest absolute Gasteiger partial charge is 0.459 e. The van der Waals surface area contributed by atoms with E-state index < -0.39 is 0 Å². The second-order valence-corrected chi connectivity index (χ2v) is 5.88. The molecular weight excluding hydrogens is 224 g/mol. The second kappa shape index (κ2) is 6.40. The van der Waals surface area contributed by atoms with Gasteiger partial charge in [-0.3, -0.25) is 0 Å². The van der Waals surface area contributed by atoms with E-state index in [1.54, 1.807) is 0 Å². The topological polar surface area (TPSA) is 26.3 Å². The Labute approximate surface area is 111 Å². The lowest BCUT2D eigenvalue weighted by Gasteiger charge is -2.23. The fraction of sp³-hybridized carbons (Fsp3) is 0.812. The van der Waals surface area contributed by atoms with Crippen molar-refractivity contribution < 1.29 is 9.53 Å². The number of rotatable bonds is 3. The van der Waals surface area contributed by atoms with Crippen LogP contribution >= 0.6 is 0 Å². The summed E-state index contributed by atoms with van der Waals surface area (Å²) in [4.78, 5) is 12.0. The Morgan fingerprint density at radius 1 is 1.17 bits per heavy atom. The van der Waals surface area contributed by atoms with Gasteiger partial charge in [0.25, 0.3) is 0 Å². The Bertz CT molecular complexity index is 319. The van der Waals surface area contributed by atoms with Gasteiger partial charge in [0.2, 0.25) is 0 Å². The van der Waals surface area contributed by atoms with Gasteiger partial charge >= 0.3 is 5.97 Å². The van der Waals surface area contributed by atoms with Crippen LogP contribution in [0.15, 0.2) is 11.6 Å². The summed E-state index contributed by atoms with van der Waals surface area (Å²) in [6, 6.07) is 0. The lowest BCUT2D eigenvalue weighted by molar-refractivity contribution is -0.146. The summed E-state index contributed by atoms with van der Waals surface area (Å²) < 4.78 is 5.74. The number of carbonyl (C=O) groups excluding carboxylic acids is 1. The minimum atomic E-state index is -0.0910. The third-order valence-corrected chi connectivity index (χ3v) is 4.61. The van der Waals surface area contributed by atoms with E-state index in [4.69, 9.17) is 4.74 Å². The maximum Gasteiger partial charge on any atom is 0.333 e. The van der Waals surface area contributed by atoms with Crippen LogP contribution in [0.5, 0.6) is 0 Å². The van der Waals surface area contributed by atoms with E-state index in [9.17, 15) is 4.79 Å². The molecular formula is C16H26O2. The van der Waals surface area contributed by atoms with Crippen molar-refractivity contribution in [2.45, 2.75) is 71.3 Å². The normalized spacial score (nSPS) is 32.8. The molecule has 0 aliphatic heterocycles. The van der Waals surface area contributed by atoms with Gasteiger partial charge in [-0.05, 0) is 44.4 Å². The molecule has 2 saturated carbocycles. The predicted molar refractivity (Wildman–Crippen MR) is 73.2 cm³/mol. The van der Waals surface area contributed by atoms with Crippen LogP contribution < -0.4 is 0 Å². The maximum absolute atomic E-state index is 12.0. The highest BCUT2D eigenvalue weighted by Crippen LogP contribution is 2.42. The van der Waals surface area contributed by atoms with Crippen LogP contribution in [0.1, 0.15) is 65.2 Å². The number of ether oxygens (including phenoxy) is 1. The quantitative estimate of drug-likeness (QED) is 0.553. The molecule has 2 rings (SSSR count). The average molecular weight is 250 g/mol. The summed E-state index contributed by atoms with van der Waals surface area (Å²) in [5, 5.41) is 0. The van der Waals surface area contributed by atoms with Gasteiger partial charge < -0.3 is 4.74 Å². The number of carbonyl (C=O) groups is 1. The fourth-order valence-electron chi connectivity index (χ4n) is 3.62. The van der Waals surface area contributed by atoms with E-state index in [0.717, 1.165) is 24.3 Å². The Morgan fingerprint density at radius 3 is 2.72 bits per heavy atom. The Balaban J connectivity index is 1.93. The molecule has 0 N–H and O–H groups in total. The van der Waals surface area contributed by atoms with Crippen LogP contribution in [0.3, 0.4) is 0 Å². The number of esters is 1. The number of hydrogen-bond acceptors (Lipinski definition) is 2. The molecule has 0 aromatic rings. The molecule has 102 valence electrons. The average Bonchev–Trinajstić information content (AvgIpc) is 2.60. The first-order chi connectivity index (χ1) is 8.72. The lowest BCUT2D eigenvalue weighted by Crippen LogP contribution is -2.25. The van der Waals surface area contributed by atoms with E-state index in [1.165, 1.54) is 38.5 Å². The maximum atomic E-state index is 12.0. The summed E-state index contributed by atoms with van der Waals surface area (Å²) >= 11 is 0. The van der Waals surface area contributed by atoms with E-state index >= 15 is 0 Å². The third-order valence-electron chi connectivity index (χ3n) is 4.61. The van der Waals surface area contributed by atoms with E-state index in [-0.39, 0.29) is 12.1 Å². The van der Waals surface area contributed by atoms with E-state index in [1.807, 2.05) is 19.9 Å². The highest BCUT2D eigenvalue weighted by Gasteiger charge is 2.38. The molecule has 0 amide bonds. The molecule has 18 heavy (non-hydrogen) atoms. The number of fused-ring (bicyclic) bond motifs is 1. The standard InChI is InChI=1S/C16H26O2/c1-3-7-12(2)16(17)18-15-11-10-13-8-5-4-6-9-14(13)15/h7,13-15H,3-6,8-11H2,1-2H3. The third kappa shape index (κ3) is 3.15. The first-order valence-electron chi connectivity index (χ1n) is 7.60. The molecule has 0 spiro atoms.